The Morgan fingerprint density at radius 2 is 2.25 bits per heavy atom. The molecule has 0 bridgehead atoms. The van der Waals surface area contributed by atoms with Crippen molar-refractivity contribution in [2.45, 2.75) is 19.9 Å². The minimum absolute atomic E-state index is 0.0855. The van der Waals surface area contributed by atoms with Crippen LogP contribution in [0, 0.1) is 10.1 Å². The van der Waals surface area contributed by atoms with Gasteiger partial charge in [-0.2, -0.15) is 0 Å². The molecule has 2 rings (SSSR count). The summed E-state index contributed by atoms with van der Waals surface area (Å²) in [6, 6.07) is 1.72. The summed E-state index contributed by atoms with van der Waals surface area (Å²) in [5, 5.41) is 14.6. The van der Waals surface area contributed by atoms with Gasteiger partial charge in [0.05, 0.1) is 10.3 Å². The number of rotatable bonds is 3. The molecule has 1 N–H and O–H groups in total. The Kier molecular flexibility index (Phi) is 2.69. The van der Waals surface area contributed by atoms with E-state index in [2.05, 4.69) is 15.3 Å². The van der Waals surface area contributed by atoms with E-state index in [0.717, 1.165) is 11.3 Å². The number of anilines is 1. The molecule has 0 aromatic carbocycles. The molecule has 0 radical (unpaired) electrons. The molecule has 7 heteroatoms. The van der Waals surface area contributed by atoms with Gasteiger partial charge in [0, 0.05) is 12.1 Å². The fourth-order valence-corrected chi connectivity index (χ4v) is 2.14. The van der Waals surface area contributed by atoms with Crippen LogP contribution in [-0.2, 0) is 0 Å². The maximum absolute atomic E-state index is 10.7. The van der Waals surface area contributed by atoms with Gasteiger partial charge in [-0.05, 0) is 25.2 Å². The van der Waals surface area contributed by atoms with Gasteiger partial charge in [-0.25, -0.2) is 9.97 Å². The molecule has 16 heavy (non-hydrogen) atoms. The first-order chi connectivity index (χ1) is 7.58. The Labute approximate surface area is 95.5 Å². The zero-order valence-electron chi connectivity index (χ0n) is 8.80. The van der Waals surface area contributed by atoms with Crippen LogP contribution in [0.3, 0.4) is 0 Å². The maximum atomic E-state index is 10.7. The molecule has 0 amide bonds. The van der Waals surface area contributed by atoms with Crippen molar-refractivity contribution < 1.29 is 4.92 Å². The van der Waals surface area contributed by atoms with E-state index in [9.17, 15) is 10.1 Å². The van der Waals surface area contributed by atoms with Gasteiger partial charge in [0.2, 0.25) is 0 Å². The molecule has 2 aromatic rings. The average Bonchev–Trinajstić information content (AvgIpc) is 2.61. The van der Waals surface area contributed by atoms with Crippen molar-refractivity contribution in [1.82, 2.24) is 9.97 Å². The number of nitrogens with one attached hydrogen (secondary N) is 1. The highest BCUT2D eigenvalue weighted by Crippen LogP contribution is 2.32. The second-order valence-electron chi connectivity index (χ2n) is 3.58. The lowest BCUT2D eigenvalue weighted by Crippen LogP contribution is -2.11. The molecule has 0 saturated heterocycles. The minimum Gasteiger partial charge on any atom is -0.367 e. The van der Waals surface area contributed by atoms with Crippen molar-refractivity contribution in [1.29, 1.82) is 0 Å². The molecule has 2 aromatic heterocycles. The molecule has 0 saturated carbocycles. The van der Waals surface area contributed by atoms with Crippen molar-refractivity contribution >= 4 is 32.4 Å². The summed E-state index contributed by atoms with van der Waals surface area (Å²) in [7, 11) is 0. The summed E-state index contributed by atoms with van der Waals surface area (Å²) >= 11 is 1.06. The third kappa shape index (κ3) is 1.94. The monoisotopic (exact) mass is 238 g/mol. The normalized spacial score (nSPS) is 10.9. The average molecular weight is 238 g/mol. The smallest absolute Gasteiger partial charge is 0.326 e. The van der Waals surface area contributed by atoms with E-state index in [1.165, 1.54) is 12.4 Å². The third-order valence-electron chi connectivity index (χ3n) is 1.92. The van der Waals surface area contributed by atoms with Crippen LogP contribution in [0.25, 0.3) is 10.2 Å². The van der Waals surface area contributed by atoms with Crippen LogP contribution in [-0.4, -0.2) is 20.9 Å². The third-order valence-corrected chi connectivity index (χ3v) is 2.92. The number of nitrogens with zero attached hydrogens (tertiary/aromatic N) is 3. The molecule has 0 spiro atoms. The number of aromatic nitrogens is 2. The molecule has 0 atom stereocenters. The van der Waals surface area contributed by atoms with Crippen LogP contribution >= 0.6 is 11.3 Å². The second kappa shape index (κ2) is 4.01. The predicted octanol–water partition coefficient (Wildman–Crippen LogP) is 2.42. The lowest BCUT2D eigenvalue weighted by atomic mass is 10.3. The molecule has 0 aliphatic heterocycles. The SMILES string of the molecule is CC(C)Nc1ncnc2sc([N+](=O)[O-])cc12. The van der Waals surface area contributed by atoms with Crippen molar-refractivity contribution in [2.75, 3.05) is 5.32 Å². The van der Waals surface area contributed by atoms with Crippen LogP contribution in [0.15, 0.2) is 12.4 Å². The Balaban J connectivity index is 2.54. The van der Waals surface area contributed by atoms with E-state index < -0.39 is 4.92 Å². The first kappa shape index (κ1) is 10.7. The van der Waals surface area contributed by atoms with Gasteiger partial charge in [-0.1, -0.05) is 0 Å². The topological polar surface area (TPSA) is 81.0 Å². The highest BCUT2D eigenvalue weighted by Gasteiger charge is 2.15. The predicted molar refractivity (Wildman–Crippen MR) is 62.8 cm³/mol. The maximum Gasteiger partial charge on any atom is 0.326 e. The number of nitro groups is 1. The fourth-order valence-electron chi connectivity index (χ4n) is 1.32. The zero-order valence-corrected chi connectivity index (χ0v) is 9.61. The summed E-state index contributed by atoms with van der Waals surface area (Å²) in [5.74, 6) is 0.643. The first-order valence-corrected chi connectivity index (χ1v) is 5.55. The molecular formula is C9H10N4O2S. The van der Waals surface area contributed by atoms with Crippen molar-refractivity contribution in [3.8, 4) is 0 Å². The van der Waals surface area contributed by atoms with E-state index in [4.69, 9.17) is 0 Å². The molecule has 84 valence electrons. The highest BCUT2D eigenvalue weighted by atomic mass is 32.1. The Morgan fingerprint density at radius 3 is 2.88 bits per heavy atom. The van der Waals surface area contributed by atoms with Gasteiger partial charge < -0.3 is 5.32 Å². The minimum atomic E-state index is -0.411. The van der Waals surface area contributed by atoms with Crippen molar-refractivity contribution in [3.05, 3.63) is 22.5 Å². The summed E-state index contributed by atoms with van der Waals surface area (Å²) in [5.41, 5.74) is 0. The van der Waals surface area contributed by atoms with E-state index in [1.54, 1.807) is 0 Å². The van der Waals surface area contributed by atoms with Crippen molar-refractivity contribution in [3.63, 3.8) is 0 Å². The Bertz CT molecular complexity index is 537. The van der Waals surface area contributed by atoms with Crippen LogP contribution in [0.2, 0.25) is 0 Å². The quantitative estimate of drug-likeness (QED) is 0.656. The van der Waals surface area contributed by atoms with Gasteiger partial charge in [0.1, 0.15) is 17.0 Å². The lowest BCUT2D eigenvalue weighted by molar-refractivity contribution is -0.380. The molecule has 6 nitrogen and oxygen atoms in total. The van der Waals surface area contributed by atoms with E-state index in [1.807, 2.05) is 13.8 Å². The van der Waals surface area contributed by atoms with Crippen LogP contribution < -0.4 is 5.32 Å². The summed E-state index contributed by atoms with van der Waals surface area (Å²) in [6.45, 7) is 3.96. The molecule has 0 fully saturated rings. The van der Waals surface area contributed by atoms with Gasteiger partial charge in [0.25, 0.3) is 0 Å². The summed E-state index contributed by atoms with van der Waals surface area (Å²) < 4.78 is 0. The van der Waals surface area contributed by atoms with Gasteiger partial charge in [-0.3, -0.25) is 10.1 Å². The second-order valence-corrected chi connectivity index (χ2v) is 4.59. The molecule has 0 aliphatic rings. The van der Waals surface area contributed by atoms with E-state index >= 15 is 0 Å². The highest BCUT2D eigenvalue weighted by molar-refractivity contribution is 7.21. The molecule has 0 unspecified atom stereocenters. The first-order valence-electron chi connectivity index (χ1n) is 4.73. The number of fused-ring (bicyclic) bond motifs is 1. The molecule has 0 aliphatic carbocycles. The van der Waals surface area contributed by atoms with Gasteiger partial charge in [0.15, 0.2) is 0 Å². The summed E-state index contributed by atoms with van der Waals surface area (Å²) in [6.07, 6.45) is 1.41. The van der Waals surface area contributed by atoms with Crippen LogP contribution in [0.5, 0.6) is 0 Å². The van der Waals surface area contributed by atoms with E-state index in [-0.39, 0.29) is 11.0 Å². The van der Waals surface area contributed by atoms with Crippen LogP contribution in [0.4, 0.5) is 10.8 Å². The van der Waals surface area contributed by atoms with Crippen molar-refractivity contribution in [2.24, 2.45) is 0 Å². The molecule has 2 heterocycles. The molecular weight excluding hydrogens is 228 g/mol. The lowest BCUT2D eigenvalue weighted by Gasteiger charge is -2.08. The van der Waals surface area contributed by atoms with Crippen LogP contribution in [0.1, 0.15) is 13.8 Å². The fraction of sp³-hybridized carbons (Fsp3) is 0.333. The van der Waals surface area contributed by atoms with Gasteiger partial charge >= 0.3 is 5.00 Å². The van der Waals surface area contributed by atoms with Gasteiger partial charge in [-0.15, -0.1) is 0 Å². The zero-order chi connectivity index (χ0) is 11.7. The standard InChI is InChI=1S/C9H10N4O2S/c1-5(2)12-8-6-3-7(13(14)15)16-9(6)11-4-10-8/h3-5H,1-2H3,(H,10,11,12). The number of hydrogen-bond donors (Lipinski definition) is 1. The number of hydrogen-bond acceptors (Lipinski definition) is 6. The Morgan fingerprint density at radius 1 is 1.50 bits per heavy atom. The largest absolute Gasteiger partial charge is 0.367 e. The summed E-state index contributed by atoms with van der Waals surface area (Å²) in [4.78, 5) is 19.0. The number of thiophene rings is 1. The Hall–Kier alpha value is -1.76. The van der Waals surface area contributed by atoms with E-state index in [0.29, 0.717) is 16.0 Å².